The van der Waals surface area contributed by atoms with E-state index in [1.807, 2.05) is 6.07 Å². The van der Waals surface area contributed by atoms with Crippen LogP contribution in [0, 0.1) is 12.3 Å². The van der Waals surface area contributed by atoms with Crippen LogP contribution >= 0.6 is 0 Å². The van der Waals surface area contributed by atoms with Gasteiger partial charge in [0.25, 0.3) is 0 Å². The van der Waals surface area contributed by atoms with Crippen LogP contribution in [0.25, 0.3) is 0 Å². The molecule has 0 fully saturated rings. The molecule has 0 spiro atoms. The second kappa shape index (κ2) is 5.05. The molecule has 2 rings (SSSR count). The molecule has 3 nitrogen and oxygen atoms in total. The van der Waals surface area contributed by atoms with Gasteiger partial charge in [0.15, 0.2) is 0 Å². The summed E-state index contributed by atoms with van der Waals surface area (Å²) < 4.78 is 4.58. The lowest BCUT2D eigenvalue weighted by atomic mass is 9.94. The van der Waals surface area contributed by atoms with Crippen molar-refractivity contribution in [3.05, 3.63) is 34.4 Å². The summed E-state index contributed by atoms with van der Waals surface area (Å²) >= 11 is 0. The summed E-state index contributed by atoms with van der Waals surface area (Å²) in [6.45, 7) is 2.13. The van der Waals surface area contributed by atoms with Gasteiger partial charge in [-0.05, 0) is 24.5 Å². The normalized spacial score (nSPS) is 13.1. The summed E-state index contributed by atoms with van der Waals surface area (Å²) in [7, 11) is 0. The van der Waals surface area contributed by atoms with Crippen LogP contribution < -0.4 is 0 Å². The topological polar surface area (TPSA) is 43.4 Å². The lowest BCUT2D eigenvalue weighted by molar-refractivity contribution is 0.0443. The minimum absolute atomic E-state index is 0.261. The Morgan fingerprint density at radius 3 is 2.67 bits per heavy atom. The Kier molecular flexibility index (Phi) is 3.47. The molecule has 0 saturated carbocycles. The van der Waals surface area contributed by atoms with Crippen LogP contribution in [0.2, 0.25) is 0 Å². The van der Waals surface area contributed by atoms with Crippen molar-refractivity contribution in [2.24, 2.45) is 0 Å². The standard InChI is InChI=1S/C15H14O3/c1-3-5-6-7-10-8-9-12-13(11(10)4-2)15(17)18-14(12)16/h2,8-9H,3,5-7H2,1H3. The van der Waals surface area contributed by atoms with E-state index in [4.69, 9.17) is 6.42 Å². The third-order valence-corrected chi connectivity index (χ3v) is 3.10. The van der Waals surface area contributed by atoms with Crippen LogP contribution in [0.1, 0.15) is 58.0 Å². The number of hydrogen-bond donors (Lipinski definition) is 0. The second-order valence-electron chi connectivity index (χ2n) is 4.30. The number of benzene rings is 1. The molecule has 0 atom stereocenters. The molecule has 0 amide bonds. The third kappa shape index (κ3) is 2.02. The van der Waals surface area contributed by atoms with Gasteiger partial charge in [0.1, 0.15) is 0 Å². The van der Waals surface area contributed by atoms with E-state index in [0.29, 0.717) is 5.56 Å². The van der Waals surface area contributed by atoms with Crippen LogP contribution in [0.3, 0.4) is 0 Å². The Hall–Kier alpha value is -2.08. The molecule has 1 heterocycles. The Morgan fingerprint density at radius 1 is 1.22 bits per heavy atom. The van der Waals surface area contributed by atoms with Crippen LogP contribution in [-0.2, 0) is 11.2 Å². The van der Waals surface area contributed by atoms with Crippen molar-refractivity contribution in [2.75, 3.05) is 0 Å². The predicted molar refractivity (Wildman–Crippen MR) is 67.4 cm³/mol. The van der Waals surface area contributed by atoms with Crippen LogP contribution in [0.15, 0.2) is 12.1 Å². The van der Waals surface area contributed by atoms with Crippen LogP contribution in [-0.4, -0.2) is 11.9 Å². The van der Waals surface area contributed by atoms with E-state index < -0.39 is 11.9 Å². The maximum atomic E-state index is 11.6. The number of esters is 2. The fourth-order valence-electron chi connectivity index (χ4n) is 2.16. The van der Waals surface area contributed by atoms with Gasteiger partial charge >= 0.3 is 11.9 Å². The first-order valence-corrected chi connectivity index (χ1v) is 6.08. The second-order valence-corrected chi connectivity index (χ2v) is 4.30. The zero-order valence-corrected chi connectivity index (χ0v) is 10.3. The van der Waals surface area contributed by atoms with Gasteiger partial charge in [0.2, 0.25) is 0 Å². The van der Waals surface area contributed by atoms with Gasteiger partial charge in [0.05, 0.1) is 11.1 Å². The highest BCUT2D eigenvalue weighted by Crippen LogP contribution is 2.27. The van der Waals surface area contributed by atoms with Crippen molar-refractivity contribution < 1.29 is 14.3 Å². The Morgan fingerprint density at radius 2 is 2.00 bits per heavy atom. The van der Waals surface area contributed by atoms with Crippen molar-refractivity contribution in [1.29, 1.82) is 0 Å². The number of rotatable bonds is 4. The number of aryl methyl sites for hydroxylation is 1. The summed E-state index contributed by atoms with van der Waals surface area (Å²) in [5.41, 5.74) is 2.00. The average Bonchev–Trinajstić information content (AvgIpc) is 2.65. The molecule has 0 N–H and O–H groups in total. The zero-order chi connectivity index (χ0) is 13.1. The number of ether oxygens (including phenoxy) is 1. The van der Waals surface area contributed by atoms with E-state index in [1.165, 1.54) is 0 Å². The molecule has 1 aliphatic heterocycles. The number of cyclic esters (lactones) is 2. The molecule has 0 aliphatic carbocycles. The quantitative estimate of drug-likeness (QED) is 0.353. The summed E-state index contributed by atoms with van der Waals surface area (Å²) in [5, 5.41) is 0. The summed E-state index contributed by atoms with van der Waals surface area (Å²) in [5.74, 6) is 1.29. The number of fused-ring (bicyclic) bond motifs is 1. The van der Waals surface area contributed by atoms with Gasteiger partial charge in [-0.2, -0.15) is 0 Å². The molecule has 1 aliphatic rings. The van der Waals surface area contributed by atoms with E-state index in [-0.39, 0.29) is 11.1 Å². The molecule has 18 heavy (non-hydrogen) atoms. The van der Waals surface area contributed by atoms with Gasteiger partial charge in [-0.3, -0.25) is 0 Å². The maximum absolute atomic E-state index is 11.6. The SMILES string of the molecule is C#Cc1c(CCCCC)ccc2c1C(=O)OC2=O. The number of terminal acetylenes is 1. The van der Waals surface area contributed by atoms with Gasteiger partial charge in [-0.25, -0.2) is 9.59 Å². The highest BCUT2D eigenvalue weighted by molar-refractivity contribution is 6.16. The van der Waals surface area contributed by atoms with E-state index in [1.54, 1.807) is 6.07 Å². The van der Waals surface area contributed by atoms with E-state index in [9.17, 15) is 9.59 Å². The maximum Gasteiger partial charge on any atom is 0.348 e. The fraction of sp³-hybridized carbons (Fsp3) is 0.333. The number of unbranched alkanes of at least 4 members (excludes halogenated alkanes) is 2. The monoisotopic (exact) mass is 242 g/mol. The van der Waals surface area contributed by atoms with E-state index in [0.717, 1.165) is 31.2 Å². The lowest BCUT2D eigenvalue weighted by Gasteiger charge is -2.06. The highest BCUT2D eigenvalue weighted by atomic mass is 16.6. The van der Waals surface area contributed by atoms with E-state index >= 15 is 0 Å². The minimum Gasteiger partial charge on any atom is -0.386 e. The van der Waals surface area contributed by atoms with Crippen molar-refractivity contribution in [3.63, 3.8) is 0 Å². The van der Waals surface area contributed by atoms with Crippen LogP contribution in [0.5, 0.6) is 0 Å². The van der Waals surface area contributed by atoms with Crippen molar-refractivity contribution in [1.82, 2.24) is 0 Å². The Bertz CT molecular complexity index is 550. The number of carbonyl (C=O) groups is 2. The first-order valence-electron chi connectivity index (χ1n) is 6.08. The Balaban J connectivity index is 2.40. The zero-order valence-electron chi connectivity index (χ0n) is 10.3. The molecule has 0 saturated heterocycles. The minimum atomic E-state index is -0.625. The molecule has 3 heteroatoms. The number of hydrogen-bond acceptors (Lipinski definition) is 3. The molecule has 0 aromatic heterocycles. The molecular weight excluding hydrogens is 228 g/mol. The largest absolute Gasteiger partial charge is 0.386 e. The van der Waals surface area contributed by atoms with Gasteiger partial charge in [-0.15, -0.1) is 6.42 Å². The summed E-state index contributed by atoms with van der Waals surface area (Å²) in [6.07, 6.45) is 9.55. The number of carbonyl (C=O) groups excluding carboxylic acids is 2. The third-order valence-electron chi connectivity index (χ3n) is 3.10. The lowest BCUT2D eigenvalue weighted by Crippen LogP contribution is -2.02. The van der Waals surface area contributed by atoms with Crippen molar-refractivity contribution >= 4 is 11.9 Å². The van der Waals surface area contributed by atoms with Gasteiger partial charge < -0.3 is 4.74 Å². The summed E-state index contributed by atoms with van der Waals surface area (Å²) in [4.78, 5) is 23.0. The molecule has 0 radical (unpaired) electrons. The summed E-state index contributed by atoms with van der Waals surface area (Å²) in [6, 6.07) is 3.45. The van der Waals surface area contributed by atoms with E-state index in [2.05, 4.69) is 17.6 Å². The first kappa shape index (κ1) is 12.4. The predicted octanol–water partition coefficient (Wildman–Crippen LogP) is 2.71. The first-order chi connectivity index (χ1) is 8.69. The van der Waals surface area contributed by atoms with Gasteiger partial charge in [-0.1, -0.05) is 31.8 Å². The molecule has 1 aromatic rings. The van der Waals surface area contributed by atoms with Crippen molar-refractivity contribution in [3.8, 4) is 12.3 Å². The fourth-order valence-corrected chi connectivity index (χ4v) is 2.16. The molecule has 92 valence electrons. The molecule has 0 bridgehead atoms. The van der Waals surface area contributed by atoms with Crippen molar-refractivity contribution in [2.45, 2.75) is 32.6 Å². The molecular formula is C15H14O3. The van der Waals surface area contributed by atoms with Crippen LogP contribution in [0.4, 0.5) is 0 Å². The molecule has 1 aromatic carbocycles. The van der Waals surface area contributed by atoms with Gasteiger partial charge in [0, 0.05) is 5.56 Å². The molecule has 0 unspecified atom stereocenters. The smallest absolute Gasteiger partial charge is 0.348 e. The Labute approximate surface area is 106 Å². The highest BCUT2D eigenvalue weighted by Gasteiger charge is 2.32. The average molecular weight is 242 g/mol.